The molecule has 0 bridgehead atoms. The first-order chi connectivity index (χ1) is 10.3. The SMILES string of the molecule is CC12CCC3C(CC[C@@H](O)[C@@H]3C(N)=O)C1CCC2O[N+](=O)[O-]. The standard InChI is InChI=1S/C15H24N2O5/c1-15-7-6-9-8(2-4-11(18)13(9)14(16)19)10(15)3-5-12(15)22-17(20)21/h8-13,18H,2-7H2,1H3,(H2,16,19)/t8?,9?,10?,11-,12?,13-,15?/m1/s1. The van der Waals surface area contributed by atoms with Crippen LogP contribution in [0.5, 0.6) is 0 Å². The summed E-state index contributed by atoms with van der Waals surface area (Å²) < 4.78 is 0. The minimum atomic E-state index is -0.679. The van der Waals surface area contributed by atoms with Crippen LogP contribution >= 0.6 is 0 Å². The number of carbonyl (C=O) groups excluding carboxylic acids is 1. The Labute approximate surface area is 129 Å². The lowest BCUT2D eigenvalue weighted by Crippen LogP contribution is -2.53. The van der Waals surface area contributed by atoms with Crippen LogP contribution in [0.4, 0.5) is 0 Å². The molecular formula is C15H24N2O5. The molecule has 7 nitrogen and oxygen atoms in total. The summed E-state index contributed by atoms with van der Waals surface area (Å²) in [5.41, 5.74) is 5.31. The third-order valence-electron chi connectivity index (χ3n) is 6.62. The van der Waals surface area contributed by atoms with Crippen LogP contribution in [0.15, 0.2) is 0 Å². The minimum Gasteiger partial charge on any atom is -0.392 e. The molecule has 5 unspecified atom stereocenters. The quantitative estimate of drug-likeness (QED) is 0.601. The van der Waals surface area contributed by atoms with Crippen LogP contribution in [0.1, 0.15) is 45.4 Å². The van der Waals surface area contributed by atoms with E-state index in [4.69, 9.17) is 10.6 Å². The number of hydrogen-bond acceptors (Lipinski definition) is 5. The van der Waals surface area contributed by atoms with Gasteiger partial charge in [0, 0.05) is 0 Å². The maximum atomic E-state index is 11.7. The average molecular weight is 312 g/mol. The Kier molecular flexibility index (Phi) is 3.79. The van der Waals surface area contributed by atoms with Gasteiger partial charge in [-0.1, -0.05) is 6.92 Å². The number of nitrogens with two attached hydrogens (primary N) is 1. The highest BCUT2D eigenvalue weighted by Gasteiger charge is 2.58. The molecule has 0 spiro atoms. The van der Waals surface area contributed by atoms with E-state index in [2.05, 4.69) is 6.92 Å². The number of aliphatic hydroxyl groups excluding tert-OH is 1. The molecule has 0 aromatic carbocycles. The number of rotatable bonds is 3. The Morgan fingerprint density at radius 2 is 2.00 bits per heavy atom. The maximum absolute atomic E-state index is 11.7. The molecule has 3 aliphatic rings. The normalized spacial score (nSPS) is 47.4. The number of hydrogen-bond donors (Lipinski definition) is 2. The number of aliphatic hydroxyl groups is 1. The lowest BCUT2D eigenvalue weighted by molar-refractivity contribution is -0.772. The van der Waals surface area contributed by atoms with E-state index in [0.717, 1.165) is 25.7 Å². The second-order valence-corrected chi connectivity index (χ2v) is 7.45. The average Bonchev–Trinajstić information content (AvgIpc) is 2.75. The maximum Gasteiger partial charge on any atom is 0.294 e. The fourth-order valence-electron chi connectivity index (χ4n) is 5.64. The van der Waals surface area contributed by atoms with Crippen LogP contribution in [0.3, 0.4) is 0 Å². The predicted molar refractivity (Wildman–Crippen MR) is 76.8 cm³/mol. The molecule has 0 aromatic heterocycles. The van der Waals surface area contributed by atoms with Gasteiger partial charge >= 0.3 is 0 Å². The van der Waals surface area contributed by atoms with E-state index in [9.17, 15) is 20.0 Å². The molecule has 0 heterocycles. The molecule has 0 aliphatic heterocycles. The van der Waals surface area contributed by atoms with Crippen molar-refractivity contribution >= 4 is 5.91 Å². The molecule has 3 aliphatic carbocycles. The van der Waals surface area contributed by atoms with Crippen molar-refractivity contribution in [3.05, 3.63) is 10.1 Å². The summed E-state index contributed by atoms with van der Waals surface area (Å²) in [6.07, 6.45) is 3.59. The molecule has 3 rings (SSSR count). The third kappa shape index (κ3) is 2.26. The van der Waals surface area contributed by atoms with Gasteiger partial charge in [-0.05, 0) is 61.7 Å². The number of primary amides is 1. The van der Waals surface area contributed by atoms with Gasteiger partial charge in [-0.2, -0.15) is 0 Å². The summed E-state index contributed by atoms with van der Waals surface area (Å²) in [7, 11) is 0. The third-order valence-corrected chi connectivity index (χ3v) is 6.62. The minimum absolute atomic E-state index is 0.105. The van der Waals surface area contributed by atoms with Crippen LogP contribution in [0.2, 0.25) is 0 Å². The number of fused-ring (bicyclic) bond motifs is 3. The van der Waals surface area contributed by atoms with E-state index >= 15 is 0 Å². The Balaban J connectivity index is 1.83. The topological polar surface area (TPSA) is 116 Å². The molecule has 22 heavy (non-hydrogen) atoms. The van der Waals surface area contributed by atoms with Crippen LogP contribution in [-0.4, -0.2) is 28.3 Å². The first-order valence-corrected chi connectivity index (χ1v) is 8.13. The molecule has 7 atom stereocenters. The molecule has 0 radical (unpaired) electrons. The van der Waals surface area contributed by atoms with Gasteiger partial charge in [0.25, 0.3) is 5.09 Å². The molecule has 0 aromatic rings. The lowest BCUT2D eigenvalue weighted by Gasteiger charge is -2.52. The van der Waals surface area contributed by atoms with E-state index in [0.29, 0.717) is 24.7 Å². The van der Waals surface area contributed by atoms with Gasteiger partial charge in [-0.3, -0.25) is 4.79 Å². The van der Waals surface area contributed by atoms with Crippen molar-refractivity contribution in [2.24, 2.45) is 34.8 Å². The molecular weight excluding hydrogens is 288 g/mol. The fraction of sp³-hybridized carbons (Fsp3) is 0.933. The van der Waals surface area contributed by atoms with Crippen LogP contribution < -0.4 is 5.73 Å². The molecule has 3 fully saturated rings. The summed E-state index contributed by atoms with van der Waals surface area (Å²) in [4.78, 5) is 27.4. The Bertz CT molecular complexity index is 485. The van der Waals surface area contributed by atoms with Gasteiger partial charge in [0.15, 0.2) is 0 Å². The molecule has 3 N–H and O–H groups in total. The first-order valence-electron chi connectivity index (χ1n) is 8.13. The Morgan fingerprint density at radius 1 is 1.27 bits per heavy atom. The van der Waals surface area contributed by atoms with E-state index in [1.54, 1.807) is 0 Å². The van der Waals surface area contributed by atoms with Crippen molar-refractivity contribution in [3.8, 4) is 0 Å². The summed E-state index contributed by atoms with van der Waals surface area (Å²) in [5.74, 6) is -0.167. The zero-order valence-corrected chi connectivity index (χ0v) is 12.8. The van der Waals surface area contributed by atoms with Crippen LogP contribution in [0, 0.1) is 39.2 Å². The highest BCUT2D eigenvalue weighted by molar-refractivity contribution is 5.77. The van der Waals surface area contributed by atoms with Gasteiger partial charge in [0.2, 0.25) is 5.91 Å². The van der Waals surface area contributed by atoms with Gasteiger partial charge in [-0.15, -0.1) is 10.1 Å². The Morgan fingerprint density at radius 3 is 2.64 bits per heavy atom. The van der Waals surface area contributed by atoms with Gasteiger partial charge in [-0.25, -0.2) is 0 Å². The molecule has 124 valence electrons. The summed E-state index contributed by atoms with van der Waals surface area (Å²) in [5, 5.41) is 20.2. The summed E-state index contributed by atoms with van der Waals surface area (Å²) in [6.45, 7) is 2.08. The zero-order chi connectivity index (χ0) is 16.1. The highest BCUT2D eigenvalue weighted by Crippen LogP contribution is 2.60. The smallest absolute Gasteiger partial charge is 0.294 e. The van der Waals surface area contributed by atoms with Crippen molar-refractivity contribution in [2.75, 3.05) is 0 Å². The second kappa shape index (κ2) is 5.37. The van der Waals surface area contributed by atoms with E-state index in [1.807, 2.05) is 0 Å². The van der Waals surface area contributed by atoms with Gasteiger partial charge < -0.3 is 15.7 Å². The second-order valence-electron chi connectivity index (χ2n) is 7.45. The summed E-state index contributed by atoms with van der Waals surface area (Å²) in [6, 6.07) is 0. The fourth-order valence-corrected chi connectivity index (χ4v) is 5.64. The van der Waals surface area contributed by atoms with Gasteiger partial charge in [0.05, 0.1) is 12.0 Å². The van der Waals surface area contributed by atoms with Crippen molar-refractivity contribution in [1.29, 1.82) is 0 Å². The van der Waals surface area contributed by atoms with E-state index in [1.165, 1.54) is 0 Å². The van der Waals surface area contributed by atoms with Gasteiger partial charge in [0.1, 0.15) is 6.10 Å². The Hall–Kier alpha value is -1.37. The monoisotopic (exact) mass is 312 g/mol. The highest BCUT2D eigenvalue weighted by atomic mass is 17.0. The van der Waals surface area contributed by atoms with Crippen molar-refractivity contribution in [1.82, 2.24) is 0 Å². The summed E-state index contributed by atoms with van der Waals surface area (Å²) >= 11 is 0. The largest absolute Gasteiger partial charge is 0.392 e. The predicted octanol–water partition coefficient (Wildman–Crippen LogP) is 1.26. The number of nitrogens with zero attached hydrogens (tertiary/aromatic N) is 1. The van der Waals surface area contributed by atoms with Crippen molar-refractivity contribution in [3.63, 3.8) is 0 Å². The number of amides is 1. The lowest BCUT2D eigenvalue weighted by atomic mass is 9.53. The zero-order valence-electron chi connectivity index (χ0n) is 12.8. The molecule has 0 saturated heterocycles. The van der Waals surface area contributed by atoms with Crippen LogP contribution in [-0.2, 0) is 9.63 Å². The van der Waals surface area contributed by atoms with E-state index in [-0.39, 0.29) is 17.4 Å². The molecule has 3 saturated carbocycles. The number of carbonyl (C=O) groups is 1. The molecule has 1 amide bonds. The van der Waals surface area contributed by atoms with Crippen molar-refractivity contribution in [2.45, 2.75) is 57.7 Å². The first kappa shape index (κ1) is 15.5. The van der Waals surface area contributed by atoms with Crippen LogP contribution in [0.25, 0.3) is 0 Å². The molecule has 7 heteroatoms. The van der Waals surface area contributed by atoms with Crippen molar-refractivity contribution < 1.29 is 19.8 Å². The van der Waals surface area contributed by atoms with E-state index < -0.39 is 23.0 Å².